The molecule has 1 aliphatic heterocycles. The Morgan fingerprint density at radius 1 is 1.33 bits per heavy atom. The number of morpholine rings is 1. The van der Waals surface area contributed by atoms with Gasteiger partial charge >= 0.3 is 0 Å². The molecule has 0 aromatic carbocycles. The Hall–Kier alpha value is -0.120. The molecule has 1 saturated heterocycles. The smallest absolute Gasteiger partial charge is 0.0620 e. The molecule has 0 spiro atoms. The summed E-state index contributed by atoms with van der Waals surface area (Å²) in [4.78, 5) is 0. The molecule has 0 aromatic rings. The zero-order valence-corrected chi connectivity index (χ0v) is 11.7. The Balaban J connectivity index is 1.35. The average Bonchev–Trinajstić information content (AvgIpc) is 3.00. The molecule has 5 unspecified atom stereocenters. The van der Waals surface area contributed by atoms with Gasteiger partial charge in [-0.3, -0.25) is 0 Å². The molecule has 2 saturated carbocycles. The van der Waals surface area contributed by atoms with E-state index in [0.717, 1.165) is 37.5 Å². The molecule has 1 heterocycles. The number of nitrogens with one attached hydrogen (secondary N) is 2. The first-order chi connectivity index (χ1) is 8.81. The summed E-state index contributed by atoms with van der Waals surface area (Å²) in [5.41, 5.74) is 0. The number of rotatable bonds is 5. The van der Waals surface area contributed by atoms with Gasteiger partial charge in [-0.25, -0.2) is 0 Å². The Morgan fingerprint density at radius 2 is 2.28 bits per heavy atom. The maximum Gasteiger partial charge on any atom is 0.0620 e. The lowest BCUT2D eigenvalue weighted by Gasteiger charge is -2.28. The molecular formula is C15H28N2O. The molecule has 3 aliphatic rings. The summed E-state index contributed by atoms with van der Waals surface area (Å²) >= 11 is 0. The van der Waals surface area contributed by atoms with Gasteiger partial charge in [0.2, 0.25) is 0 Å². The SMILES string of the molecule is CC(CC1COCCN1)NCC1CC2CCC1C2. The van der Waals surface area contributed by atoms with Crippen LogP contribution in [0.15, 0.2) is 0 Å². The molecule has 0 amide bonds. The summed E-state index contributed by atoms with van der Waals surface area (Å²) in [6.07, 6.45) is 7.23. The van der Waals surface area contributed by atoms with Gasteiger partial charge in [0.15, 0.2) is 0 Å². The van der Waals surface area contributed by atoms with Crippen LogP contribution < -0.4 is 10.6 Å². The van der Waals surface area contributed by atoms with Crippen LogP contribution >= 0.6 is 0 Å². The first kappa shape index (κ1) is 12.9. The average molecular weight is 252 g/mol. The van der Waals surface area contributed by atoms with Gasteiger partial charge in [-0.1, -0.05) is 6.42 Å². The third kappa shape index (κ3) is 3.06. The van der Waals surface area contributed by atoms with E-state index in [-0.39, 0.29) is 0 Å². The molecule has 3 nitrogen and oxygen atoms in total. The predicted molar refractivity (Wildman–Crippen MR) is 73.6 cm³/mol. The number of hydrogen-bond acceptors (Lipinski definition) is 3. The highest BCUT2D eigenvalue weighted by Crippen LogP contribution is 2.47. The molecule has 0 aromatic heterocycles. The fraction of sp³-hybridized carbons (Fsp3) is 1.00. The molecule has 0 radical (unpaired) electrons. The maximum absolute atomic E-state index is 5.51. The fourth-order valence-electron chi connectivity index (χ4n) is 4.26. The van der Waals surface area contributed by atoms with Crippen LogP contribution in [0.5, 0.6) is 0 Å². The Bertz CT molecular complexity index is 265. The summed E-state index contributed by atoms with van der Waals surface area (Å²) in [7, 11) is 0. The van der Waals surface area contributed by atoms with Crippen LogP contribution in [0.4, 0.5) is 0 Å². The quantitative estimate of drug-likeness (QED) is 0.782. The third-order valence-corrected chi connectivity index (χ3v) is 5.25. The largest absolute Gasteiger partial charge is 0.379 e. The molecule has 3 fully saturated rings. The van der Waals surface area contributed by atoms with Crippen molar-refractivity contribution in [2.75, 3.05) is 26.3 Å². The van der Waals surface area contributed by atoms with Gasteiger partial charge in [0.05, 0.1) is 13.2 Å². The summed E-state index contributed by atoms with van der Waals surface area (Å²) in [5.74, 6) is 3.10. The summed E-state index contributed by atoms with van der Waals surface area (Å²) in [6.45, 7) is 6.35. The fourth-order valence-corrected chi connectivity index (χ4v) is 4.26. The van der Waals surface area contributed by atoms with Gasteiger partial charge < -0.3 is 15.4 Å². The first-order valence-corrected chi connectivity index (χ1v) is 7.85. The number of ether oxygens (including phenoxy) is 1. The lowest BCUT2D eigenvalue weighted by molar-refractivity contribution is 0.0709. The van der Waals surface area contributed by atoms with E-state index in [0.29, 0.717) is 12.1 Å². The maximum atomic E-state index is 5.51. The van der Waals surface area contributed by atoms with E-state index < -0.39 is 0 Å². The van der Waals surface area contributed by atoms with Crippen molar-refractivity contribution in [3.63, 3.8) is 0 Å². The lowest BCUT2D eigenvalue weighted by Crippen LogP contribution is -2.45. The van der Waals surface area contributed by atoms with Crippen molar-refractivity contribution in [3.8, 4) is 0 Å². The molecule has 2 aliphatic carbocycles. The van der Waals surface area contributed by atoms with Crippen LogP contribution in [0.2, 0.25) is 0 Å². The molecule has 18 heavy (non-hydrogen) atoms. The highest BCUT2D eigenvalue weighted by atomic mass is 16.5. The van der Waals surface area contributed by atoms with Crippen LogP contribution in [0.1, 0.15) is 39.0 Å². The van der Waals surface area contributed by atoms with Gasteiger partial charge in [-0.15, -0.1) is 0 Å². The van der Waals surface area contributed by atoms with Crippen molar-refractivity contribution in [2.24, 2.45) is 17.8 Å². The van der Waals surface area contributed by atoms with Crippen molar-refractivity contribution >= 4 is 0 Å². The monoisotopic (exact) mass is 252 g/mol. The second-order valence-electron chi connectivity index (χ2n) is 6.71. The number of fused-ring (bicyclic) bond motifs is 2. The summed E-state index contributed by atoms with van der Waals surface area (Å²) in [6, 6.07) is 1.17. The predicted octanol–water partition coefficient (Wildman–Crippen LogP) is 1.78. The lowest BCUT2D eigenvalue weighted by atomic mass is 9.88. The van der Waals surface area contributed by atoms with Gasteiger partial charge in [0.1, 0.15) is 0 Å². The molecule has 104 valence electrons. The minimum absolute atomic E-state index is 0.557. The normalized spacial score (nSPS) is 41.2. The highest BCUT2D eigenvalue weighted by Gasteiger charge is 2.39. The van der Waals surface area contributed by atoms with E-state index in [1.54, 1.807) is 0 Å². The van der Waals surface area contributed by atoms with Crippen molar-refractivity contribution < 1.29 is 4.74 Å². The van der Waals surface area contributed by atoms with Crippen LogP contribution in [-0.2, 0) is 4.74 Å². The second kappa shape index (κ2) is 5.89. The third-order valence-electron chi connectivity index (χ3n) is 5.25. The summed E-state index contributed by atoms with van der Waals surface area (Å²) in [5, 5.41) is 7.30. The van der Waals surface area contributed by atoms with Crippen LogP contribution in [0.25, 0.3) is 0 Å². The van der Waals surface area contributed by atoms with E-state index in [1.165, 1.54) is 38.6 Å². The topological polar surface area (TPSA) is 33.3 Å². The van der Waals surface area contributed by atoms with E-state index in [4.69, 9.17) is 4.74 Å². The molecule has 3 rings (SSSR count). The number of hydrogen-bond donors (Lipinski definition) is 2. The standard InChI is InChI=1S/C15H28N2O/c1-11(6-15-10-18-5-4-16-15)17-9-14-8-12-2-3-13(14)7-12/h11-17H,2-10H2,1H3. The molecule has 2 bridgehead atoms. The Labute approximate surface area is 111 Å². The van der Waals surface area contributed by atoms with Gasteiger partial charge in [0, 0.05) is 18.6 Å². The van der Waals surface area contributed by atoms with E-state index >= 15 is 0 Å². The minimum atomic E-state index is 0.557. The van der Waals surface area contributed by atoms with E-state index in [2.05, 4.69) is 17.6 Å². The van der Waals surface area contributed by atoms with Crippen LogP contribution in [-0.4, -0.2) is 38.4 Å². The molecule has 5 atom stereocenters. The first-order valence-electron chi connectivity index (χ1n) is 7.85. The Kier molecular flexibility index (Phi) is 4.22. The van der Waals surface area contributed by atoms with Gasteiger partial charge in [-0.2, -0.15) is 0 Å². The van der Waals surface area contributed by atoms with Crippen molar-refractivity contribution in [1.29, 1.82) is 0 Å². The summed E-state index contributed by atoms with van der Waals surface area (Å²) < 4.78 is 5.51. The highest BCUT2D eigenvalue weighted by molar-refractivity contribution is 4.91. The van der Waals surface area contributed by atoms with Crippen LogP contribution in [0, 0.1) is 17.8 Å². The molecular weight excluding hydrogens is 224 g/mol. The Morgan fingerprint density at radius 3 is 2.94 bits per heavy atom. The molecule has 2 N–H and O–H groups in total. The zero-order valence-electron chi connectivity index (χ0n) is 11.7. The van der Waals surface area contributed by atoms with E-state index in [9.17, 15) is 0 Å². The molecule has 3 heteroatoms. The van der Waals surface area contributed by atoms with Gasteiger partial charge in [-0.05, 0) is 56.9 Å². The van der Waals surface area contributed by atoms with Crippen molar-refractivity contribution in [1.82, 2.24) is 10.6 Å². The van der Waals surface area contributed by atoms with Crippen molar-refractivity contribution in [2.45, 2.75) is 51.1 Å². The zero-order chi connectivity index (χ0) is 12.4. The minimum Gasteiger partial charge on any atom is -0.379 e. The van der Waals surface area contributed by atoms with Gasteiger partial charge in [0.25, 0.3) is 0 Å². The van der Waals surface area contributed by atoms with Crippen molar-refractivity contribution in [3.05, 3.63) is 0 Å². The second-order valence-corrected chi connectivity index (χ2v) is 6.71. The van der Waals surface area contributed by atoms with Crippen LogP contribution in [0.3, 0.4) is 0 Å². The van der Waals surface area contributed by atoms with E-state index in [1.807, 2.05) is 0 Å².